The van der Waals surface area contributed by atoms with Crippen molar-refractivity contribution in [2.75, 3.05) is 10.6 Å². The summed E-state index contributed by atoms with van der Waals surface area (Å²) in [6.45, 7) is 0.486. The monoisotopic (exact) mass is 394 g/mol. The van der Waals surface area contributed by atoms with Gasteiger partial charge in [-0.05, 0) is 36.6 Å². The lowest BCUT2D eigenvalue weighted by molar-refractivity contribution is -0.146. The lowest BCUT2D eigenvalue weighted by Crippen LogP contribution is -2.34. The normalized spacial score (nSPS) is 18.1. The topological polar surface area (TPSA) is 116 Å². The molecule has 0 fully saturated rings. The van der Waals surface area contributed by atoms with Crippen molar-refractivity contribution in [3.8, 4) is 0 Å². The number of carbonyl (C=O) groups excluding carboxylic acids is 1. The van der Waals surface area contributed by atoms with E-state index in [4.69, 9.17) is 0 Å². The van der Waals surface area contributed by atoms with E-state index in [1.807, 2.05) is 30.3 Å². The van der Waals surface area contributed by atoms with Crippen molar-refractivity contribution >= 4 is 29.2 Å². The molecule has 0 saturated heterocycles. The van der Waals surface area contributed by atoms with Crippen LogP contribution in [0.15, 0.2) is 60.7 Å². The van der Waals surface area contributed by atoms with Crippen LogP contribution < -0.4 is 10.6 Å². The maximum Gasteiger partial charge on any atom is 0.335 e. The molecule has 1 aliphatic carbocycles. The Balaban J connectivity index is 1.82. The summed E-state index contributed by atoms with van der Waals surface area (Å²) >= 11 is 0. The summed E-state index contributed by atoms with van der Waals surface area (Å²) in [5.41, 5.74) is 1.93. The molecule has 0 heterocycles. The molecule has 0 spiro atoms. The summed E-state index contributed by atoms with van der Waals surface area (Å²) in [6.07, 6.45) is 4.18. The van der Waals surface area contributed by atoms with Crippen molar-refractivity contribution in [1.82, 2.24) is 0 Å². The van der Waals surface area contributed by atoms with Gasteiger partial charge in [0.25, 0.3) is 0 Å². The second kappa shape index (κ2) is 9.05. The number of allylic oxidation sites excluding steroid dienone is 2. The number of amides is 1. The van der Waals surface area contributed by atoms with Gasteiger partial charge >= 0.3 is 11.9 Å². The van der Waals surface area contributed by atoms with Gasteiger partial charge in [0.05, 0.1) is 28.8 Å². The Hall–Kier alpha value is -3.61. The SMILES string of the molecule is O=C(O)c1ccc(NCc2ccccc2)c(NC(=O)C2CC=CCC2C(=O)O)c1. The van der Waals surface area contributed by atoms with Crippen LogP contribution in [-0.4, -0.2) is 28.1 Å². The first-order chi connectivity index (χ1) is 14.0. The van der Waals surface area contributed by atoms with Crippen molar-refractivity contribution in [3.63, 3.8) is 0 Å². The van der Waals surface area contributed by atoms with Crippen LogP contribution >= 0.6 is 0 Å². The maximum atomic E-state index is 12.8. The van der Waals surface area contributed by atoms with Crippen molar-refractivity contribution in [2.24, 2.45) is 11.8 Å². The van der Waals surface area contributed by atoms with E-state index in [-0.39, 0.29) is 5.56 Å². The highest BCUT2D eigenvalue weighted by Gasteiger charge is 2.34. The fraction of sp³-hybridized carbons (Fsp3) is 0.227. The van der Waals surface area contributed by atoms with E-state index in [1.165, 1.54) is 12.1 Å². The average molecular weight is 394 g/mol. The molecular formula is C22H22N2O5. The van der Waals surface area contributed by atoms with E-state index >= 15 is 0 Å². The maximum absolute atomic E-state index is 12.8. The second-order valence-corrected chi connectivity index (χ2v) is 6.89. The Morgan fingerprint density at radius 3 is 2.24 bits per heavy atom. The third-order valence-corrected chi connectivity index (χ3v) is 4.94. The van der Waals surface area contributed by atoms with Crippen molar-refractivity contribution in [3.05, 3.63) is 71.8 Å². The minimum atomic E-state index is -1.11. The summed E-state index contributed by atoms with van der Waals surface area (Å²) in [5, 5.41) is 24.6. The molecule has 29 heavy (non-hydrogen) atoms. The number of benzene rings is 2. The first-order valence-corrected chi connectivity index (χ1v) is 9.29. The standard InChI is InChI=1S/C22H22N2O5/c25-20(16-8-4-5-9-17(16)22(28)29)24-19-12-15(21(26)27)10-11-18(19)23-13-14-6-2-1-3-7-14/h1-7,10-12,16-17,23H,8-9,13H2,(H,24,25)(H,26,27)(H,28,29). The van der Waals surface area contributed by atoms with Crippen LogP contribution in [0.3, 0.4) is 0 Å². The van der Waals surface area contributed by atoms with E-state index < -0.39 is 29.7 Å². The van der Waals surface area contributed by atoms with E-state index in [9.17, 15) is 24.6 Å². The molecule has 2 aromatic rings. The van der Waals surface area contributed by atoms with Crippen LogP contribution in [0, 0.1) is 11.8 Å². The molecule has 0 saturated carbocycles. The molecule has 0 bridgehead atoms. The quantitative estimate of drug-likeness (QED) is 0.533. The number of carboxylic acids is 2. The van der Waals surface area contributed by atoms with Gasteiger partial charge in [0.15, 0.2) is 0 Å². The smallest absolute Gasteiger partial charge is 0.335 e. The highest BCUT2D eigenvalue weighted by Crippen LogP contribution is 2.30. The van der Waals surface area contributed by atoms with Gasteiger partial charge in [-0.3, -0.25) is 9.59 Å². The number of carboxylic acid groups (broad SMARTS) is 2. The van der Waals surface area contributed by atoms with Crippen molar-refractivity contribution < 1.29 is 24.6 Å². The number of hydrogen-bond donors (Lipinski definition) is 4. The summed E-state index contributed by atoms with van der Waals surface area (Å²) in [4.78, 5) is 35.6. The molecule has 150 valence electrons. The first-order valence-electron chi connectivity index (χ1n) is 9.29. The van der Waals surface area contributed by atoms with Gasteiger partial charge in [0.1, 0.15) is 0 Å². The second-order valence-electron chi connectivity index (χ2n) is 6.89. The minimum absolute atomic E-state index is 0.0314. The van der Waals surface area contributed by atoms with Crippen LogP contribution in [0.4, 0.5) is 11.4 Å². The molecule has 3 rings (SSSR count). The molecule has 7 nitrogen and oxygen atoms in total. The molecule has 2 atom stereocenters. The fourth-order valence-electron chi connectivity index (χ4n) is 3.33. The van der Waals surface area contributed by atoms with Crippen molar-refractivity contribution in [2.45, 2.75) is 19.4 Å². The summed E-state index contributed by atoms with van der Waals surface area (Å²) in [7, 11) is 0. The molecule has 0 aromatic heterocycles. The van der Waals surface area contributed by atoms with E-state index in [0.29, 0.717) is 30.8 Å². The Morgan fingerprint density at radius 1 is 0.897 bits per heavy atom. The van der Waals surface area contributed by atoms with Gasteiger partial charge in [-0.2, -0.15) is 0 Å². The minimum Gasteiger partial charge on any atom is -0.481 e. The zero-order valence-corrected chi connectivity index (χ0v) is 15.7. The summed E-state index contributed by atoms with van der Waals surface area (Å²) in [6, 6.07) is 14.1. The third kappa shape index (κ3) is 5.01. The Bertz CT molecular complexity index is 939. The largest absolute Gasteiger partial charge is 0.481 e. The summed E-state index contributed by atoms with van der Waals surface area (Å²) in [5.74, 6) is -4.08. The number of anilines is 2. The van der Waals surface area contributed by atoms with Crippen LogP contribution in [0.5, 0.6) is 0 Å². The fourth-order valence-corrected chi connectivity index (χ4v) is 3.33. The lowest BCUT2D eigenvalue weighted by atomic mass is 9.82. The summed E-state index contributed by atoms with van der Waals surface area (Å²) < 4.78 is 0. The Morgan fingerprint density at radius 2 is 1.59 bits per heavy atom. The molecular weight excluding hydrogens is 372 g/mol. The van der Waals surface area contributed by atoms with E-state index in [0.717, 1.165) is 5.56 Å². The molecule has 2 unspecified atom stereocenters. The van der Waals surface area contributed by atoms with Crippen LogP contribution in [0.1, 0.15) is 28.8 Å². The molecule has 4 N–H and O–H groups in total. The number of aliphatic carboxylic acids is 1. The van der Waals surface area contributed by atoms with Crippen LogP contribution in [0.25, 0.3) is 0 Å². The number of carbonyl (C=O) groups is 3. The number of rotatable bonds is 7. The van der Waals surface area contributed by atoms with Gasteiger partial charge in [-0.25, -0.2) is 4.79 Å². The van der Waals surface area contributed by atoms with E-state index in [1.54, 1.807) is 18.2 Å². The number of hydrogen-bond acceptors (Lipinski definition) is 4. The predicted octanol–water partition coefficient (Wildman–Crippen LogP) is 3.60. The average Bonchev–Trinajstić information content (AvgIpc) is 2.73. The molecule has 2 aromatic carbocycles. The highest BCUT2D eigenvalue weighted by molar-refractivity contribution is 6.00. The van der Waals surface area contributed by atoms with E-state index in [2.05, 4.69) is 10.6 Å². The van der Waals surface area contributed by atoms with Crippen LogP contribution in [0.2, 0.25) is 0 Å². The highest BCUT2D eigenvalue weighted by atomic mass is 16.4. The molecule has 0 aliphatic heterocycles. The Labute approximate surface area is 168 Å². The van der Waals surface area contributed by atoms with Crippen LogP contribution in [-0.2, 0) is 16.1 Å². The lowest BCUT2D eigenvalue weighted by Gasteiger charge is -2.25. The predicted molar refractivity (Wildman–Crippen MR) is 109 cm³/mol. The van der Waals surface area contributed by atoms with Gasteiger partial charge < -0.3 is 20.8 Å². The van der Waals surface area contributed by atoms with Gasteiger partial charge in [0.2, 0.25) is 5.91 Å². The molecule has 1 amide bonds. The zero-order chi connectivity index (χ0) is 20.8. The first kappa shape index (κ1) is 20.1. The molecule has 0 radical (unpaired) electrons. The third-order valence-electron chi connectivity index (χ3n) is 4.94. The van der Waals surface area contributed by atoms with Gasteiger partial charge in [-0.15, -0.1) is 0 Å². The molecule has 7 heteroatoms. The zero-order valence-electron chi connectivity index (χ0n) is 15.7. The number of aromatic carboxylic acids is 1. The van der Waals surface area contributed by atoms with Crippen molar-refractivity contribution in [1.29, 1.82) is 0 Å². The molecule has 1 aliphatic rings. The van der Waals surface area contributed by atoms with Gasteiger partial charge in [0, 0.05) is 6.54 Å². The van der Waals surface area contributed by atoms with Gasteiger partial charge in [-0.1, -0.05) is 42.5 Å². The number of nitrogens with one attached hydrogen (secondary N) is 2. The Kier molecular flexibility index (Phi) is 6.29.